The molecule has 0 saturated carbocycles. The number of carbonyl (C=O) groups excluding carboxylic acids is 6. The molecule has 1 saturated heterocycles. The second-order valence-corrected chi connectivity index (χ2v) is 16.3. The van der Waals surface area contributed by atoms with Crippen molar-refractivity contribution in [1.29, 1.82) is 0 Å². The molecule has 0 bridgehead atoms. The molecule has 0 unspecified atom stereocenters. The van der Waals surface area contributed by atoms with Gasteiger partial charge < -0.3 is 41.7 Å². The number of hydrogen-bond acceptors (Lipinski definition) is 21. The van der Waals surface area contributed by atoms with Crippen LogP contribution in [0.2, 0.25) is 0 Å². The Morgan fingerprint density at radius 1 is 0.417 bits per heavy atom. The molecule has 6 aromatic rings. The number of hydrogen-bond donors (Lipinski definition) is 0. The Balaban J connectivity index is 1.24. The fourth-order valence-electron chi connectivity index (χ4n) is 7.84. The summed E-state index contributed by atoms with van der Waals surface area (Å²) in [5.41, 5.74) is 3.73. The van der Waals surface area contributed by atoms with Crippen LogP contribution in [0, 0.1) is 0 Å². The molecule has 21 heteroatoms. The average Bonchev–Trinajstić information content (AvgIpc) is 4.21. The summed E-state index contributed by atoms with van der Waals surface area (Å²) in [5, 5.41) is 0. The van der Waals surface area contributed by atoms with E-state index in [9.17, 15) is 28.8 Å². The molecular weight excluding hydrogens is 937 g/mol. The monoisotopic (exact) mass is 990 g/mol. The smallest absolute Gasteiger partial charge is 0.356 e. The first-order chi connectivity index (χ1) is 34.8. The normalized spacial score (nSPS) is 13.6. The summed E-state index contributed by atoms with van der Waals surface area (Å²) in [5.74, 6) is -2.73. The lowest BCUT2D eigenvalue weighted by molar-refractivity contribution is 0.0509. The van der Waals surface area contributed by atoms with Gasteiger partial charge in [0.15, 0.2) is 0 Å². The van der Waals surface area contributed by atoms with Gasteiger partial charge in [0.05, 0.1) is 74.9 Å². The van der Waals surface area contributed by atoms with Gasteiger partial charge in [-0.05, 0) is 75.4 Å². The van der Waals surface area contributed by atoms with Crippen molar-refractivity contribution in [2.75, 3.05) is 80.4 Å². The number of pyridine rings is 3. The standard InChI is InChI=1S/C51H54N6O15/c1-7-67-49(61)40-19-31(43-22-34(28-70-43)46(58)64-4)16-37(52-40)25-55-10-12-56(26-38-17-32(20-41(53-38)50(62)68-8-2)44-23-35(29-71-44)47(59)65-5)14-15-57(13-11-55)27-39-18-33(21-42(54-39)51(63)69-9-3)45-24-36(30-72-45)48(60)66-6/h16-24,28-30H,7-15,25-27H2,1-6H3. The lowest BCUT2D eigenvalue weighted by Gasteiger charge is -2.25. The van der Waals surface area contributed by atoms with E-state index in [1.54, 1.807) is 57.2 Å². The van der Waals surface area contributed by atoms with Crippen molar-refractivity contribution in [1.82, 2.24) is 29.7 Å². The van der Waals surface area contributed by atoms with Gasteiger partial charge in [0.1, 0.15) is 53.2 Å². The van der Waals surface area contributed by atoms with E-state index in [-0.39, 0.29) is 73.2 Å². The summed E-state index contributed by atoms with van der Waals surface area (Å²) < 4.78 is 47.9. The summed E-state index contributed by atoms with van der Waals surface area (Å²) in [6.45, 7) is 9.20. The minimum atomic E-state index is -0.636. The zero-order valence-corrected chi connectivity index (χ0v) is 40.7. The lowest BCUT2D eigenvalue weighted by Crippen LogP contribution is -2.36. The van der Waals surface area contributed by atoms with Crippen molar-refractivity contribution >= 4 is 35.8 Å². The molecule has 0 spiro atoms. The van der Waals surface area contributed by atoms with Gasteiger partial charge in [0.2, 0.25) is 0 Å². The Hall–Kier alpha value is -8.01. The number of ether oxygens (including phenoxy) is 6. The maximum absolute atomic E-state index is 13.2. The number of carbonyl (C=O) groups is 6. The fourth-order valence-corrected chi connectivity index (χ4v) is 7.84. The van der Waals surface area contributed by atoms with Crippen molar-refractivity contribution in [3.63, 3.8) is 0 Å². The molecule has 6 aromatic heterocycles. The number of nitrogens with zero attached hydrogens (tertiary/aromatic N) is 6. The van der Waals surface area contributed by atoms with Gasteiger partial charge in [-0.25, -0.2) is 43.7 Å². The Morgan fingerprint density at radius 2 is 0.681 bits per heavy atom. The van der Waals surface area contributed by atoms with E-state index in [1.807, 2.05) is 0 Å². The molecule has 7 rings (SSSR count). The van der Waals surface area contributed by atoms with Gasteiger partial charge in [0, 0.05) is 75.6 Å². The van der Waals surface area contributed by atoms with Gasteiger partial charge in [-0.3, -0.25) is 14.7 Å². The van der Waals surface area contributed by atoms with Crippen LogP contribution < -0.4 is 0 Å². The van der Waals surface area contributed by atoms with Gasteiger partial charge in [0.25, 0.3) is 0 Å². The quantitative estimate of drug-likeness (QED) is 0.0671. The van der Waals surface area contributed by atoms with Crippen LogP contribution in [0.25, 0.3) is 34.0 Å². The molecule has 0 aliphatic carbocycles. The Kier molecular flexibility index (Phi) is 17.4. The molecule has 0 N–H and O–H groups in total. The molecule has 0 amide bonds. The number of esters is 6. The minimum Gasteiger partial charge on any atom is -0.465 e. The van der Waals surface area contributed by atoms with Crippen LogP contribution in [0.5, 0.6) is 0 Å². The summed E-state index contributed by atoms with van der Waals surface area (Å²) in [6.07, 6.45) is 3.83. The van der Waals surface area contributed by atoms with Crippen LogP contribution in [0.3, 0.4) is 0 Å². The zero-order chi connectivity index (χ0) is 51.3. The minimum absolute atomic E-state index is 0.0464. The molecule has 1 aliphatic rings. The van der Waals surface area contributed by atoms with Gasteiger partial charge in [-0.15, -0.1) is 0 Å². The van der Waals surface area contributed by atoms with Crippen molar-refractivity contribution in [2.24, 2.45) is 0 Å². The highest BCUT2D eigenvalue weighted by Gasteiger charge is 2.25. The maximum atomic E-state index is 13.2. The summed E-state index contributed by atoms with van der Waals surface area (Å²) in [4.78, 5) is 97.2. The van der Waals surface area contributed by atoms with E-state index in [0.29, 0.717) is 90.3 Å². The summed E-state index contributed by atoms with van der Waals surface area (Å²) in [7, 11) is 3.80. The first-order valence-corrected chi connectivity index (χ1v) is 23.0. The highest BCUT2D eigenvalue weighted by Crippen LogP contribution is 2.29. The van der Waals surface area contributed by atoms with Gasteiger partial charge in [-0.2, -0.15) is 0 Å². The van der Waals surface area contributed by atoms with Crippen LogP contribution in [-0.2, 0) is 48.1 Å². The van der Waals surface area contributed by atoms with Crippen LogP contribution in [0.1, 0.15) is 100 Å². The van der Waals surface area contributed by atoms with Gasteiger partial charge >= 0.3 is 35.8 Å². The van der Waals surface area contributed by atoms with Crippen LogP contribution in [0.4, 0.5) is 0 Å². The van der Waals surface area contributed by atoms with E-state index in [4.69, 9.17) is 56.6 Å². The SMILES string of the molecule is CCOC(=O)c1cc(-c2cc(C(=O)OC)co2)cc(CN2CCN(Cc3cc(-c4cc(C(=O)OC)co4)cc(C(=O)OCC)n3)CCN(Cc3cc(-c4cc(C(=O)OC)co4)cc(C(=O)OCC)n3)CC2)n1. The third-order valence-electron chi connectivity index (χ3n) is 11.4. The van der Waals surface area contributed by atoms with E-state index < -0.39 is 35.8 Å². The Bertz CT molecular complexity index is 2600. The number of methoxy groups -OCH3 is 3. The first-order valence-electron chi connectivity index (χ1n) is 23.0. The van der Waals surface area contributed by atoms with E-state index in [2.05, 4.69) is 14.7 Å². The first kappa shape index (κ1) is 51.8. The zero-order valence-electron chi connectivity index (χ0n) is 40.7. The van der Waals surface area contributed by atoms with Gasteiger partial charge in [-0.1, -0.05) is 0 Å². The van der Waals surface area contributed by atoms with E-state index in [1.165, 1.54) is 58.3 Å². The molecule has 378 valence electrons. The van der Waals surface area contributed by atoms with Crippen molar-refractivity contribution in [3.8, 4) is 34.0 Å². The predicted octanol–water partition coefficient (Wildman–Crippen LogP) is 6.36. The Labute approximate surface area is 413 Å². The lowest BCUT2D eigenvalue weighted by atomic mass is 10.1. The molecule has 0 radical (unpaired) electrons. The van der Waals surface area contributed by atoms with Crippen LogP contribution in [-0.4, -0.2) is 146 Å². The molecule has 72 heavy (non-hydrogen) atoms. The molecule has 0 aromatic carbocycles. The molecule has 0 atom stereocenters. The molecular formula is C51H54N6O15. The average molecular weight is 991 g/mol. The van der Waals surface area contributed by atoms with Crippen LogP contribution >= 0.6 is 0 Å². The largest absolute Gasteiger partial charge is 0.465 e. The third kappa shape index (κ3) is 13.0. The van der Waals surface area contributed by atoms with Crippen molar-refractivity contribution in [3.05, 3.63) is 124 Å². The number of aromatic nitrogens is 3. The van der Waals surface area contributed by atoms with E-state index >= 15 is 0 Å². The summed E-state index contributed by atoms with van der Waals surface area (Å²) >= 11 is 0. The summed E-state index contributed by atoms with van der Waals surface area (Å²) in [6, 6.07) is 14.5. The third-order valence-corrected chi connectivity index (χ3v) is 11.4. The predicted molar refractivity (Wildman–Crippen MR) is 254 cm³/mol. The Morgan fingerprint density at radius 3 is 0.917 bits per heavy atom. The fraction of sp³-hybridized carbons (Fsp3) is 0.353. The second kappa shape index (κ2) is 24.2. The van der Waals surface area contributed by atoms with Crippen molar-refractivity contribution < 1.29 is 70.4 Å². The molecule has 1 fully saturated rings. The highest BCUT2D eigenvalue weighted by atomic mass is 16.5. The number of rotatable bonds is 18. The number of furan rings is 3. The maximum Gasteiger partial charge on any atom is 0.356 e. The highest BCUT2D eigenvalue weighted by molar-refractivity contribution is 5.93. The molecule has 7 heterocycles. The molecule has 21 nitrogen and oxygen atoms in total. The van der Waals surface area contributed by atoms with E-state index in [0.717, 1.165) is 0 Å². The van der Waals surface area contributed by atoms with Crippen LogP contribution in [0.15, 0.2) is 86.6 Å². The second-order valence-electron chi connectivity index (χ2n) is 16.3. The topological polar surface area (TPSA) is 246 Å². The van der Waals surface area contributed by atoms with Crippen molar-refractivity contribution in [2.45, 2.75) is 40.4 Å². The molecule has 1 aliphatic heterocycles.